The van der Waals surface area contributed by atoms with Gasteiger partial charge in [-0.1, -0.05) is 12.6 Å². The monoisotopic (exact) mass is 224 g/mol. The minimum Gasteiger partial charge on any atom is -0.491 e. The summed E-state index contributed by atoms with van der Waals surface area (Å²) >= 11 is 0. The Morgan fingerprint density at radius 3 is 2.69 bits per heavy atom. The Labute approximate surface area is 93.5 Å². The summed E-state index contributed by atoms with van der Waals surface area (Å²) in [6, 6.07) is 4.22. The maximum Gasteiger partial charge on any atom is 0.337 e. The highest BCUT2D eigenvalue weighted by molar-refractivity contribution is 6.15. The first-order chi connectivity index (χ1) is 7.60. The Balaban J connectivity index is 2.97. The lowest BCUT2D eigenvalue weighted by Gasteiger charge is -2.07. The van der Waals surface area contributed by atoms with E-state index in [1.165, 1.54) is 19.2 Å². The number of methoxy groups -OCH3 is 1. The first kappa shape index (κ1) is 12.2. The number of hydrogen-bond donors (Lipinski definition) is 0. The van der Waals surface area contributed by atoms with Crippen LogP contribution in [0, 0.1) is 5.82 Å². The Morgan fingerprint density at radius 1 is 1.50 bits per heavy atom. The number of ether oxygens (including phenoxy) is 2. The second kappa shape index (κ2) is 5.30. The van der Waals surface area contributed by atoms with Gasteiger partial charge >= 0.3 is 5.97 Å². The summed E-state index contributed by atoms with van der Waals surface area (Å²) in [5.74, 6) is -0.947. The fourth-order valence-corrected chi connectivity index (χ4v) is 1.20. The third-order valence-electron chi connectivity index (χ3n) is 2.01. The smallest absolute Gasteiger partial charge is 0.337 e. The van der Waals surface area contributed by atoms with Gasteiger partial charge in [0.05, 0.1) is 19.3 Å². The molecule has 0 unspecified atom stereocenters. The van der Waals surface area contributed by atoms with Crippen LogP contribution < -0.4 is 4.74 Å². The van der Waals surface area contributed by atoms with Gasteiger partial charge in [-0.25, -0.2) is 9.18 Å². The number of carbonyl (C=O) groups is 1. The largest absolute Gasteiger partial charge is 0.491 e. The molecule has 0 aromatic heterocycles. The van der Waals surface area contributed by atoms with Gasteiger partial charge in [-0.15, -0.1) is 0 Å². The van der Waals surface area contributed by atoms with Crippen molar-refractivity contribution in [3.8, 4) is 5.75 Å². The molecular weight excluding hydrogens is 211 g/mol. The average molecular weight is 224 g/mol. The summed E-state index contributed by atoms with van der Waals surface area (Å²) < 4.78 is 23.0. The molecule has 1 aromatic rings. The molecule has 0 aliphatic heterocycles. The number of esters is 1. The van der Waals surface area contributed by atoms with Crippen LogP contribution in [-0.4, -0.2) is 19.7 Å². The van der Waals surface area contributed by atoms with Crippen molar-refractivity contribution in [1.29, 1.82) is 0 Å². The van der Waals surface area contributed by atoms with E-state index in [2.05, 4.69) is 11.3 Å². The van der Waals surface area contributed by atoms with Gasteiger partial charge in [0, 0.05) is 0 Å². The van der Waals surface area contributed by atoms with Crippen molar-refractivity contribution >= 4 is 11.5 Å². The van der Waals surface area contributed by atoms with Crippen LogP contribution in [0.5, 0.6) is 5.75 Å². The van der Waals surface area contributed by atoms with E-state index < -0.39 is 11.8 Å². The minimum atomic E-state index is -0.580. The average Bonchev–Trinajstić information content (AvgIpc) is 2.30. The molecule has 0 aliphatic rings. The summed E-state index contributed by atoms with van der Waals surface area (Å²) in [5.41, 5.74) is 0.497. The molecule has 0 saturated carbocycles. The molecule has 0 heterocycles. The Kier molecular flexibility index (Phi) is 4.05. The molecule has 16 heavy (non-hydrogen) atoms. The summed E-state index contributed by atoms with van der Waals surface area (Å²) in [5, 5.41) is 0. The highest BCUT2D eigenvalue weighted by Crippen LogP contribution is 2.22. The summed E-state index contributed by atoms with van der Waals surface area (Å²) in [6.07, 6.45) is 0. The molecule has 0 atom stereocenters. The second-order valence-electron chi connectivity index (χ2n) is 3.05. The zero-order valence-electron chi connectivity index (χ0n) is 9.25. The summed E-state index contributed by atoms with van der Waals surface area (Å²) in [7, 11) is 1.25. The van der Waals surface area contributed by atoms with Gasteiger partial charge in [-0.2, -0.15) is 0 Å². The third kappa shape index (κ3) is 2.59. The van der Waals surface area contributed by atoms with Gasteiger partial charge in [0.2, 0.25) is 0 Å². The molecule has 1 rings (SSSR count). The highest BCUT2D eigenvalue weighted by Gasteiger charge is 2.12. The van der Waals surface area contributed by atoms with Crippen LogP contribution in [0.15, 0.2) is 24.8 Å². The Bertz CT molecular complexity index is 413. The van der Waals surface area contributed by atoms with Crippen LogP contribution in [0.1, 0.15) is 12.5 Å². The Hall–Kier alpha value is -1.84. The molecule has 0 spiro atoms. The molecule has 1 aromatic carbocycles. The van der Waals surface area contributed by atoms with Crippen molar-refractivity contribution in [2.24, 2.45) is 0 Å². The van der Waals surface area contributed by atoms with Gasteiger partial charge in [0.25, 0.3) is 0 Å². The SMILES string of the molecule is C=C(C(=O)OC)c1ccc(OCC)c(F)c1. The molecule has 0 bridgehead atoms. The van der Waals surface area contributed by atoms with E-state index in [-0.39, 0.29) is 11.3 Å². The molecule has 0 N–H and O–H groups in total. The first-order valence-electron chi connectivity index (χ1n) is 4.80. The van der Waals surface area contributed by atoms with Crippen LogP contribution >= 0.6 is 0 Å². The fraction of sp³-hybridized carbons (Fsp3) is 0.250. The number of halogens is 1. The van der Waals surface area contributed by atoms with Crippen molar-refractivity contribution in [2.75, 3.05) is 13.7 Å². The third-order valence-corrected chi connectivity index (χ3v) is 2.01. The predicted molar refractivity (Wildman–Crippen MR) is 58.6 cm³/mol. The molecular formula is C12H13FO3. The van der Waals surface area contributed by atoms with Crippen LogP contribution in [0.3, 0.4) is 0 Å². The molecule has 0 saturated heterocycles. The van der Waals surface area contributed by atoms with Crippen LogP contribution in [0.4, 0.5) is 4.39 Å². The summed E-state index contributed by atoms with van der Waals surface area (Å²) in [4.78, 5) is 11.2. The van der Waals surface area contributed by atoms with E-state index >= 15 is 0 Å². The number of carbonyl (C=O) groups excluding carboxylic acids is 1. The van der Waals surface area contributed by atoms with Gasteiger partial charge in [0.1, 0.15) is 0 Å². The number of benzene rings is 1. The molecule has 86 valence electrons. The zero-order chi connectivity index (χ0) is 12.1. The molecule has 3 nitrogen and oxygen atoms in total. The predicted octanol–water partition coefficient (Wildman–Crippen LogP) is 2.41. The Morgan fingerprint density at radius 2 is 2.19 bits per heavy atom. The zero-order valence-corrected chi connectivity index (χ0v) is 9.25. The van der Waals surface area contributed by atoms with Gasteiger partial charge in [-0.3, -0.25) is 0 Å². The van der Waals surface area contributed by atoms with Crippen molar-refractivity contribution in [3.63, 3.8) is 0 Å². The standard InChI is InChI=1S/C12H13FO3/c1-4-16-11-6-5-9(7-10(11)13)8(2)12(14)15-3/h5-7H,2,4H2,1,3H3. The second-order valence-corrected chi connectivity index (χ2v) is 3.05. The maximum absolute atomic E-state index is 13.4. The van der Waals surface area contributed by atoms with E-state index in [0.717, 1.165) is 0 Å². The molecule has 0 fully saturated rings. The van der Waals surface area contributed by atoms with Crippen molar-refractivity contribution < 1.29 is 18.7 Å². The van der Waals surface area contributed by atoms with Crippen LogP contribution in [-0.2, 0) is 9.53 Å². The van der Waals surface area contributed by atoms with E-state index in [9.17, 15) is 9.18 Å². The van der Waals surface area contributed by atoms with E-state index in [0.29, 0.717) is 12.2 Å². The molecule has 0 amide bonds. The number of rotatable bonds is 4. The van der Waals surface area contributed by atoms with Crippen molar-refractivity contribution in [2.45, 2.75) is 6.92 Å². The lowest BCUT2D eigenvalue weighted by molar-refractivity contribution is -0.133. The lowest BCUT2D eigenvalue weighted by atomic mass is 10.1. The van der Waals surface area contributed by atoms with Gasteiger partial charge in [0.15, 0.2) is 11.6 Å². The number of hydrogen-bond acceptors (Lipinski definition) is 3. The van der Waals surface area contributed by atoms with E-state index in [4.69, 9.17) is 4.74 Å². The molecule has 0 aliphatic carbocycles. The van der Waals surface area contributed by atoms with E-state index in [1.807, 2.05) is 0 Å². The normalized spacial score (nSPS) is 9.69. The quantitative estimate of drug-likeness (QED) is 0.582. The summed E-state index contributed by atoms with van der Waals surface area (Å²) in [6.45, 7) is 5.68. The van der Waals surface area contributed by atoms with E-state index in [1.54, 1.807) is 13.0 Å². The lowest BCUT2D eigenvalue weighted by Crippen LogP contribution is -2.03. The van der Waals surface area contributed by atoms with Crippen LogP contribution in [0.2, 0.25) is 0 Å². The van der Waals surface area contributed by atoms with Crippen molar-refractivity contribution in [3.05, 3.63) is 36.2 Å². The highest BCUT2D eigenvalue weighted by atomic mass is 19.1. The van der Waals surface area contributed by atoms with Crippen molar-refractivity contribution in [1.82, 2.24) is 0 Å². The van der Waals surface area contributed by atoms with Crippen LogP contribution in [0.25, 0.3) is 5.57 Å². The van der Waals surface area contributed by atoms with Gasteiger partial charge in [-0.05, 0) is 24.6 Å². The fourth-order valence-electron chi connectivity index (χ4n) is 1.20. The molecule has 4 heteroatoms. The first-order valence-corrected chi connectivity index (χ1v) is 4.80. The molecule has 0 radical (unpaired) electrons. The van der Waals surface area contributed by atoms with Gasteiger partial charge < -0.3 is 9.47 Å². The topological polar surface area (TPSA) is 35.5 Å². The minimum absolute atomic E-state index is 0.115. The maximum atomic E-state index is 13.4.